The van der Waals surface area contributed by atoms with Crippen molar-refractivity contribution in [2.24, 2.45) is 0 Å². The van der Waals surface area contributed by atoms with Gasteiger partial charge < -0.3 is 14.6 Å². The number of nitrogens with zero attached hydrogens (tertiary/aromatic N) is 1. The van der Waals surface area contributed by atoms with Crippen LogP contribution >= 0.6 is 11.6 Å². The zero-order valence-corrected chi connectivity index (χ0v) is 22.9. The van der Waals surface area contributed by atoms with E-state index in [1.54, 1.807) is 6.07 Å². The lowest BCUT2D eigenvalue weighted by atomic mass is 9.87. The number of rotatable bonds is 8. The highest BCUT2D eigenvalue weighted by atomic mass is 35.5. The minimum atomic E-state index is -4.86. The largest absolute Gasteiger partial charge is 0.573 e. The van der Waals surface area contributed by atoms with E-state index in [2.05, 4.69) is 9.64 Å². The maximum atomic E-state index is 15.1. The molecule has 1 saturated heterocycles. The molecule has 0 amide bonds. The van der Waals surface area contributed by atoms with E-state index >= 15 is 4.39 Å². The summed E-state index contributed by atoms with van der Waals surface area (Å²) >= 11 is 6.50. The molecule has 0 unspecified atom stereocenters. The highest BCUT2D eigenvalue weighted by molar-refractivity contribution is 6.33. The summed E-state index contributed by atoms with van der Waals surface area (Å²) < 4.78 is 76.2. The molecule has 1 aliphatic heterocycles. The molecule has 42 heavy (non-hydrogen) atoms. The third-order valence-electron chi connectivity index (χ3n) is 7.43. The Morgan fingerprint density at radius 2 is 1.69 bits per heavy atom. The Morgan fingerprint density at radius 1 is 0.976 bits per heavy atom. The minimum Gasteiger partial charge on any atom is -0.505 e. The highest BCUT2D eigenvalue weighted by Crippen LogP contribution is 2.44. The normalized spacial score (nSPS) is 17.4. The first-order valence-corrected chi connectivity index (χ1v) is 13.9. The lowest BCUT2D eigenvalue weighted by Crippen LogP contribution is -2.26. The number of fused-ring (bicyclic) bond motifs is 1. The van der Waals surface area contributed by atoms with Crippen LogP contribution in [0.3, 0.4) is 0 Å². The van der Waals surface area contributed by atoms with Crippen molar-refractivity contribution in [3.8, 4) is 17.2 Å². The summed E-state index contributed by atoms with van der Waals surface area (Å²) in [5.41, 5.74) is 3.61. The topological polar surface area (TPSA) is 41.9 Å². The van der Waals surface area contributed by atoms with Gasteiger partial charge in [0.1, 0.15) is 17.6 Å². The van der Waals surface area contributed by atoms with Gasteiger partial charge in [-0.05, 0) is 102 Å². The second kappa shape index (κ2) is 13.3. The van der Waals surface area contributed by atoms with Crippen LogP contribution in [0.1, 0.15) is 55.4 Å². The van der Waals surface area contributed by atoms with E-state index in [9.17, 15) is 22.7 Å². The Bertz CT molecular complexity index is 1420. The predicted molar refractivity (Wildman–Crippen MR) is 154 cm³/mol. The average molecular weight is 610 g/mol. The van der Waals surface area contributed by atoms with Gasteiger partial charge in [0, 0.05) is 19.6 Å². The van der Waals surface area contributed by atoms with E-state index in [4.69, 9.17) is 16.3 Å². The maximum Gasteiger partial charge on any atom is 0.573 e. The van der Waals surface area contributed by atoms with Gasteiger partial charge >= 0.3 is 6.36 Å². The Hall–Kier alpha value is -3.30. The van der Waals surface area contributed by atoms with Gasteiger partial charge in [-0.1, -0.05) is 37.2 Å². The van der Waals surface area contributed by atoms with Crippen molar-refractivity contribution >= 4 is 22.7 Å². The van der Waals surface area contributed by atoms with Crippen molar-refractivity contribution < 1.29 is 36.5 Å². The number of phenolic OH excluding ortho intramolecular Hbond substituents is 1. The smallest absolute Gasteiger partial charge is 0.505 e. The summed E-state index contributed by atoms with van der Waals surface area (Å²) in [5, 5.41) is 10.1. The maximum absolute atomic E-state index is 15.1. The van der Waals surface area contributed by atoms with E-state index < -0.39 is 23.7 Å². The van der Waals surface area contributed by atoms with E-state index in [1.165, 1.54) is 18.2 Å². The van der Waals surface area contributed by atoms with Crippen LogP contribution in [0.25, 0.3) is 11.1 Å². The van der Waals surface area contributed by atoms with Crippen LogP contribution < -0.4 is 9.47 Å². The fraction of sp³-hybridized carbons (Fsp3) is 0.375. The molecule has 0 radical (unpaired) electrons. The highest BCUT2D eigenvalue weighted by Gasteiger charge is 2.32. The Kier molecular flexibility index (Phi) is 10.0. The van der Waals surface area contributed by atoms with Gasteiger partial charge in [0.15, 0.2) is 11.6 Å². The third kappa shape index (κ3) is 7.18. The van der Waals surface area contributed by atoms with Crippen LogP contribution in [0.4, 0.5) is 22.0 Å². The molecule has 1 aliphatic carbocycles. The molecule has 10 heteroatoms. The second-order valence-corrected chi connectivity index (χ2v) is 10.6. The molecule has 3 aromatic rings. The molecular formula is C32H33ClF5NO3. The van der Waals surface area contributed by atoms with Gasteiger partial charge in [-0.25, -0.2) is 4.39 Å². The standard InChI is InChI=1S/C31H29ClF5NO3.CH4/c32-27-17-21(41-31(35,36)37)9-10-23(27)24-3-1-4-26-25(11-12-28(39)30(26)34)29(24)19-5-7-20(8-6-19)40-22-13-16-38(18-22)15-2-14-33;/h5-12,17,22,39H,1-4,13-16,18H2;1H4/t22-;/m0./s1. The lowest BCUT2D eigenvalue weighted by molar-refractivity contribution is -0.274. The Morgan fingerprint density at radius 3 is 2.38 bits per heavy atom. The SMILES string of the molecule is C.Oc1ccc2c(c1F)CCCC(c1ccc(OC(F)(F)F)cc1Cl)=C2c1ccc(O[C@H]2CCN(CCCF)C2)cc1. The fourth-order valence-electron chi connectivity index (χ4n) is 5.63. The molecule has 1 heterocycles. The van der Waals surface area contributed by atoms with E-state index in [1.807, 2.05) is 24.3 Å². The number of likely N-dealkylation sites (tertiary alicyclic amines) is 1. The first-order valence-electron chi connectivity index (χ1n) is 13.5. The van der Waals surface area contributed by atoms with E-state index in [0.29, 0.717) is 60.2 Å². The molecule has 3 aromatic carbocycles. The molecule has 2 aliphatic rings. The Labute approximate surface area is 247 Å². The zero-order chi connectivity index (χ0) is 29.1. The number of hydrogen-bond acceptors (Lipinski definition) is 4. The molecule has 4 nitrogen and oxygen atoms in total. The molecule has 226 valence electrons. The molecule has 0 spiro atoms. The van der Waals surface area contributed by atoms with Gasteiger partial charge in [-0.2, -0.15) is 0 Å². The van der Waals surface area contributed by atoms with E-state index in [0.717, 1.165) is 36.7 Å². The zero-order valence-electron chi connectivity index (χ0n) is 22.1. The van der Waals surface area contributed by atoms with Crippen molar-refractivity contribution in [3.05, 3.63) is 87.7 Å². The molecule has 1 N–H and O–H groups in total. The van der Waals surface area contributed by atoms with Crippen LogP contribution in [0.5, 0.6) is 17.2 Å². The average Bonchev–Trinajstić information content (AvgIpc) is 3.28. The molecule has 1 fully saturated rings. The predicted octanol–water partition coefficient (Wildman–Crippen LogP) is 8.83. The van der Waals surface area contributed by atoms with Gasteiger partial charge in [0.25, 0.3) is 0 Å². The quantitative estimate of drug-likeness (QED) is 0.259. The number of phenols is 1. The van der Waals surface area contributed by atoms with Crippen molar-refractivity contribution in [3.63, 3.8) is 0 Å². The summed E-state index contributed by atoms with van der Waals surface area (Å²) in [6.07, 6.45) is -2.17. The van der Waals surface area contributed by atoms with Gasteiger partial charge in [-0.3, -0.25) is 9.29 Å². The van der Waals surface area contributed by atoms with Crippen molar-refractivity contribution in [1.82, 2.24) is 4.90 Å². The summed E-state index contributed by atoms with van der Waals surface area (Å²) in [6.45, 7) is 1.93. The van der Waals surface area contributed by atoms with Crippen LogP contribution in [0.2, 0.25) is 5.02 Å². The third-order valence-corrected chi connectivity index (χ3v) is 7.74. The number of benzene rings is 3. The second-order valence-electron chi connectivity index (χ2n) is 10.2. The first-order chi connectivity index (χ1) is 19.6. The molecule has 1 atom stereocenters. The van der Waals surface area contributed by atoms with Crippen LogP contribution in [-0.4, -0.2) is 48.8 Å². The molecule has 0 bridgehead atoms. The molecule has 0 saturated carbocycles. The van der Waals surface area contributed by atoms with Crippen molar-refractivity contribution in [2.75, 3.05) is 26.3 Å². The Balaban J connectivity index is 0.00000405. The van der Waals surface area contributed by atoms with Crippen molar-refractivity contribution in [1.29, 1.82) is 0 Å². The van der Waals surface area contributed by atoms with Gasteiger partial charge in [0.2, 0.25) is 0 Å². The summed E-state index contributed by atoms with van der Waals surface area (Å²) in [4.78, 5) is 2.18. The van der Waals surface area contributed by atoms with Gasteiger partial charge in [0.05, 0.1) is 11.7 Å². The van der Waals surface area contributed by atoms with Gasteiger partial charge in [-0.15, -0.1) is 13.2 Å². The van der Waals surface area contributed by atoms with Crippen LogP contribution in [0, 0.1) is 5.82 Å². The lowest BCUT2D eigenvalue weighted by Gasteiger charge is -2.19. The van der Waals surface area contributed by atoms with Crippen molar-refractivity contribution in [2.45, 2.75) is 52.0 Å². The minimum absolute atomic E-state index is 0. The number of allylic oxidation sites excluding steroid dienone is 1. The number of ether oxygens (including phenoxy) is 2. The number of alkyl halides is 4. The van der Waals surface area contributed by atoms with Crippen LogP contribution in [-0.2, 0) is 6.42 Å². The fourth-order valence-corrected chi connectivity index (χ4v) is 5.91. The molecule has 0 aromatic heterocycles. The monoisotopic (exact) mass is 609 g/mol. The summed E-state index contributed by atoms with van der Waals surface area (Å²) in [5.74, 6) is -0.917. The molecule has 5 rings (SSSR count). The number of halogens is 6. The van der Waals surface area contributed by atoms with E-state index in [-0.39, 0.29) is 25.2 Å². The number of hydrogen-bond donors (Lipinski definition) is 1. The first kappa shape index (κ1) is 31.6. The summed E-state index contributed by atoms with van der Waals surface area (Å²) in [7, 11) is 0. The summed E-state index contributed by atoms with van der Waals surface area (Å²) in [6, 6.07) is 14.1. The molecular weight excluding hydrogens is 577 g/mol. The van der Waals surface area contributed by atoms with Crippen LogP contribution in [0.15, 0.2) is 54.6 Å². The number of aromatic hydroxyl groups is 1.